The molecule has 0 aromatic carbocycles. The second kappa shape index (κ2) is 71.1. The second-order valence-electron chi connectivity index (χ2n) is 25.2. The van der Waals surface area contributed by atoms with Gasteiger partial charge in [0.25, 0.3) is 0 Å². The number of aliphatic hydroxyl groups is 1. The third kappa shape index (κ3) is 70.2. The van der Waals surface area contributed by atoms with Gasteiger partial charge in [0.15, 0.2) is 12.2 Å². The summed E-state index contributed by atoms with van der Waals surface area (Å²) < 4.78 is 68.3. The lowest BCUT2D eigenvalue weighted by Gasteiger charge is -2.21. The van der Waals surface area contributed by atoms with Gasteiger partial charge in [-0.25, -0.2) is 9.13 Å². The van der Waals surface area contributed by atoms with Crippen LogP contribution in [0.5, 0.6) is 0 Å². The lowest BCUT2D eigenvalue weighted by atomic mass is 10.0. The second-order valence-corrected chi connectivity index (χ2v) is 28.1. The first-order valence-corrected chi connectivity index (χ1v) is 41.1. The zero-order valence-corrected chi connectivity index (χ0v) is 63.2. The van der Waals surface area contributed by atoms with Gasteiger partial charge in [-0.1, -0.05) is 304 Å². The average molecular weight is 1420 g/mol. The standard InChI is InChI=1S/C79H136O17P2/c1-5-9-13-17-21-25-29-33-36-40-43-47-51-55-59-63-76(81)89-69-74(95-78(83)65-61-57-53-49-45-39-32-28-24-20-16-12-8-4)71-93-97(85,86)91-67-73(80)68-92-98(87,88)94-72-75(96-79(84)66-62-58-54-50-46-42-38-35-31-27-23-19-15-11-7-3)70-90-77(82)64-60-56-52-48-44-41-37-34-30-26-22-18-14-10-6-2/h10-11,14-15,22-23,26-27,34-35,37-38,44,46,48,50,56,60,73-75,80H,5-9,12-13,16-21,24-25,28-33,36,39-43,45,47,49,51-55,57-59,61-72H2,1-4H3,(H,85,86)(H,87,88)/b14-10-,15-11-,26-22-,27-23-,37-34-,38-35-,48-44-,50-46-,60-56-. The van der Waals surface area contributed by atoms with E-state index in [0.29, 0.717) is 32.1 Å². The van der Waals surface area contributed by atoms with Crippen LogP contribution in [0.3, 0.4) is 0 Å². The van der Waals surface area contributed by atoms with Gasteiger partial charge in [0.05, 0.1) is 32.8 Å². The van der Waals surface area contributed by atoms with Crippen molar-refractivity contribution in [3.8, 4) is 0 Å². The van der Waals surface area contributed by atoms with Crippen molar-refractivity contribution in [2.24, 2.45) is 0 Å². The number of carbonyl (C=O) groups excluding carboxylic acids is 4. The summed E-state index contributed by atoms with van der Waals surface area (Å²) in [6, 6.07) is 0. The number of hydrogen-bond donors (Lipinski definition) is 3. The summed E-state index contributed by atoms with van der Waals surface area (Å²) in [6.45, 7) is 4.51. The van der Waals surface area contributed by atoms with Gasteiger partial charge in [0.2, 0.25) is 0 Å². The maximum atomic E-state index is 13.1. The van der Waals surface area contributed by atoms with Crippen LogP contribution in [0.4, 0.5) is 0 Å². The Labute approximate surface area is 594 Å². The van der Waals surface area contributed by atoms with E-state index in [0.717, 1.165) is 103 Å². The van der Waals surface area contributed by atoms with Crippen LogP contribution in [0.15, 0.2) is 109 Å². The minimum absolute atomic E-state index is 0.0221. The number of phosphoric acid groups is 2. The summed E-state index contributed by atoms with van der Waals surface area (Å²) in [7, 11) is -9.98. The fourth-order valence-electron chi connectivity index (χ4n) is 10.0. The fraction of sp³-hybridized carbons (Fsp3) is 0.722. The van der Waals surface area contributed by atoms with E-state index in [1.807, 2.05) is 24.3 Å². The molecule has 0 rings (SSSR count). The first kappa shape index (κ1) is 93.7. The van der Waals surface area contributed by atoms with Crippen molar-refractivity contribution in [2.75, 3.05) is 39.6 Å². The smallest absolute Gasteiger partial charge is 0.462 e. The van der Waals surface area contributed by atoms with Crippen molar-refractivity contribution in [1.82, 2.24) is 0 Å². The molecule has 0 fully saturated rings. The van der Waals surface area contributed by atoms with Crippen LogP contribution in [-0.4, -0.2) is 96.7 Å². The van der Waals surface area contributed by atoms with Crippen LogP contribution in [0.25, 0.3) is 0 Å². The summed E-state index contributed by atoms with van der Waals surface area (Å²) in [4.78, 5) is 72.7. The highest BCUT2D eigenvalue weighted by atomic mass is 31.2. The Morgan fingerprint density at radius 3 is 0.908 bits per heavy atom. The van der Waals surface area contributed by atoms with E-state index in [1.165, 1.54) is 122 Å². The van der Waals surface area contributed by atoms with Gasteiger partial charge in [0.1, 0.15) is 19.3 Å². The van der Waals surface area contributed by atoms with Crippen LogP contribution < -0.4 is 0 Å². The fourth-order valence-corrected chi connectivity index (χ4v) is 11.6. The molecule has 0 aliphatic carbocycles. The lowest BCUT2D eigenvalue weighted by molar-refractivity contribution is -0.161. The average Bonchev–Trinajstić information content (AvgIpc) is 1.04. The number of rotatable bonds is 71. The Balaban J connectivity index is 5.43. The zero-order chi connectivity index (χ0) is 71.8. The Kier molecular flexibility index (Phi) is 68.0. The van der Waals surface area contributed by atoms with Gasteiger partial charge in [-0.3, -0.25) is 37.3 Å². The number of phosphoric ester groups is 2. The third-order valence-electron chi connectivity index (χ3n) is 15.8. The topological polar surface area (TPSA) is 237 Å². The van der Waals surface area contributed by atoms with Crippen LogP contribution in [0.1, 0.15) is 310 Å². The summed E-state index contributed by atoms with van der Waals surface area (Å²) in [5.41, 5.74) is 0. The summed E-state index contributed by atoms with van der Waals surface area (Å²) in [6.07, 6.45) is 75.5. The molecule has 17 nitrogen and oxygen atoms in total. The van der Waals surface area contributed by atoms with Crippen molar-refractivity contribution in [3.63, 3.8) is 0 Å². The van der Waals surface area contributed by atoms with E-state index in [1.54, 1.807) is 6.08 Å². The van der Waals surface area contributed by atoms with Gasteiger partial charge in [-0.05, 0) is 89.9 Å². The molecule has 0 aliphatic heterocycles. The summed E-state index contributed by atoms with van der Waals surface area (Å²) in [5, 5.41) is 10.6. The number of aliphatic hydroxyl groups excluding tert-OH is 1. The normalized spacial score (nSPS) is 14.6. The van der Waals surface area contributed by atoms with Crippen molar-refractivity contribution >= 4 is 39.5 Å². The molecular weight excluding hydrogens is 1280 g/mol. The van der Waals surface area contributed by atoms with Gasteiger partial charge < -0.3 is 33.8 Å². The summed E-state index contributed by atoms with van der Waals surface area (Å²) in [5.74, 6) is -2.36. The van der Waals surface area contributed by atoms with E-state index in [-0.39, 0.29) is 25.7 Å². The SMILES string of the molecule is CC/C=C\C/C=C\C/C=C\C/C=C\C/C=C\CC(=O)OCC(COP(=O)(O)OCC(O)COP(=O)(O)OCC(COC(=O)CCCCCCCCCCCCCCCCC)OC(=O)CCCCCCCCCCCCCCC)OC(=O)CCCC/C=C\C/C=C\C/C=C\C/C=C\CC. The van der Waals surface area contributed by atoms with Gasteiger partial charge in [-0.15, -0.1) is 0 Å². The monoisotopic (exact) mass is 1420 g/mol. The molecule has 0 radical (unpaired) electrons. The molecule has 0 spiro atoms. The maximum Gasteiger partial charge on any atom is 0.472 e. The molecule has 0 amide bonds. The molecule has 0 aromatic rings. The quantitative estimate of drug-likeness (QED) is 0.0169. The largest absolute Gasteiger partial charge is 0.472 e. The molecule has 3 N–H and O–H groups in total. The molecule has 564 valence electrons. The Hall–Kier alpha value is -4.28. The zero-order valence-electron chi connectivity index (χ0n) is 61.4. The number of unbranched alkanes of at least 4 members (excludes halogenated alkanes) is 28. The predicted octanol–water partition coefficient (Wildman–Crippen LogP) is 21.8. The molecule has 0 aliphatic rings. The highest BCUT2D eigenvalue weighted by molar-refractivity contribution is 7.47. The van der Waals surface area contributed by atoms with E-state index in [2.05, 4.69) is 107 Å². The number of carbonyl (C=O) groups is 4. The van der Waals surface area contributed by atoms with E-state index < -0.39 is 97.5 Å². The Morgan fingerprint density at radius 1 is 0.306 bits per heavy atom. The molecule has 0 aromatic heterocycles. The van der Waals surface area contributed by atoms with Crippen LogP contribution in [-0.2, 0) is 65.4 Å². The predicted molar refractivity (Wildman–Crippen MR) is 399 cm³/mol. The van der Waals surface area contributed by atoms with Crippen LogP contribution in [0.2, 0.25) is 0 Å². The number of esters is 4. The summed E-state index contributed by atoms with van der Waals surface area (Å²) >= 11 is 0. The van der Waals surface area contributed by atoms with Gasteiger partial charge in [0, 0.05) is 19.3 Å². The first-order valence-electron chi connectivity index (χ1n) is 38.1. The Bertz CT molecular complexity index is 2290. The van der Waals surface area contributed by atoms with Crippen molar-refractivity contribution in [1.29, 1.82) is 0 Å². The first-order chi connectivity index (χ1) is 47.7. The van der Waals surface area contributed by atoms with Crippen LogP contribution in [0, 0.1) is 0 Å². The number of ether oxygens (including phenoxy) is 4. The van der Waals surface area contributed by atoms with Gasteiger partial charge in [-0.2, -0.15) is 0 Å². The molecule has 5 unspecified atom stereocenters. The highest BCUT2D eigenvalue weighted by Crippen LogP contribution is 2.45. The van der Waals surface area contributed by atoms with E-state index in [9.17, 15) is 43.2 Å². The van der Waals surface area contributed by atoms with E-state index in [4.69, 9.17) is 37.0 Å². The van der Waals surface area contributed by atoms with E-state index >= 15 is 0 Å². The molecule has 0 saturated heterocycles. The molecule has 0 saturated carbocycles. The molecule has 5 atom stereocenters. The van der Waals surface area contributed by atoms with Crippen molar-refractivity contribution in [3.05, 3.63) is 109 Å². The van der Waals surface area contributed by atoms with Gasteiger partial charge >= 0.3 is 39.5 Å². The van der Waals surface area contributed by atoms with Crippen molar-refractivity contribution < 1.29 is 80.2 Å². The molecule has 98 heavy (non-hydrogen) atoms. The lowest BCUT2D eigenvalue weighted by Crippen LogP contribution is -2.30. The molecular formula is C79H136O17P2. The Morgan fingerprint density at radius 2 is 0.571 bits per heavy atom. The molecule has 19 heteroatoms. The minimum atomic E-state index is -5.00. The minimum Gasteiger partial charge on any atom is -0.462 e. The number of hydrogen-bond acceptors (Lipinski definition) is 15. The molecule has 0 heterocycles. The highest BCUT2D eigenvalue weighted by Gasteiger charge is 2.30. The number of allylic oxidation sites excluding steroid dienone is 17. The maximum absolute atomic E-state index is 13.1. The third-order valence-corrected chi connectivity index (χ3v) is 17.7. The molecule has 0 bridgehead atoms. The van der Waals surface area contributed by atoms with Crippen LogP contribution >= 0.6 is 15.6 Å². The van der Waals surface area contributed by atoms with Crippen molar-refractivity contribution in [2.45, 2.75) is 329 Å².